The molecule has 0 aromatic carbocycles. The summed E-state index contributed by atoms with van der Waals surface area (Å²) >= 11 is 5.65. The number of ketones is 2. The summed E-state index contributed by atoms with van der Waals surface area (Å²) in [4.78, 5) is 31.5. The van der Waals surface area contributed by atoms with Crippen LogP contribution in [0, 0.1) is 13.8 Å². The van der Waals surface area contributed by atoms with Gasteiger partial charge in [0.25, 0.3) is 0 Å². The van der Waals surface area contributed by atoms with Gasteiger partial charge in [0.1, 0.15) is 22.1 Å². The van der Waals surface area contributed by atoms with Gasteiger partial charge >= 0.3 is 0 Å². The summed E-state index contributed by atoms with van der Waals surface area (Å²) in [7, 11) is 0. The van der Waals surface area contributed by atoms with Crippen LogP contribution < -0.4 is 5.73 Å². The highest BCUT2D eigenvalue weighted by Crippen LogP contribution is 2.24. The molecular weight excluding hydrogens is 230 g/mol. The number of carbonyl (C=O) groups is 2. The Morgan fingerprint density at radius 1 is 1.00 bits per heavy atom. The van der Waals surface area contributed by atoms with Crippen LogP contribution in [0.3, 0.4) is 0 Å². The van der Waals surface area contributed by atoms with Crippen molar-refractivity contribution in [1.82, 2.24) is 9.97 Å². The Morgan fingerprint density at radius 2 is 1.44 bits per heavy atom. The highest BCUT2D eigenvalue weighted by molar-refractivity contribution is 6.49. The lowest BCUT2D eigenvalue weighted by Gasteiger charge is -2.14. The monoisotopic (exact) mass is 237 g/mol. The number of halogens is 1. The van der Waals surface area contributed by atoms with Crippen molar-refractivity contribution in [2.45, 2.75) is 13.8 Å². The van der Waals surface area contributed by atoms with Gasteiger partial charge in [0.05, 0.1) is 11.4 Å². The van der Waals surface area contributed by atoms with Gasteiger partial charge < -0.3 is 5.73 Å². The number of nitrogens with two attached hydrogens (primary N) is 1. The fraction of sp³-hybridized carbons (Fsp3) is 0.200. The van der Waals surface area contributed by atoms with Crippen molar-refractivity contribution in [1.29, 1.82) is 0 Å². The van der Waals surface area contributed by atoms with Crippen molar-refractivity contribution in [3.05, 3.63) is 33.5 Å². The molecule has 0 radical (unpaired) electrons. The molecule has 0 saturated heterocycles. The fourth-order valence-corrected chi connectivity index (χ4v) is 1.55. The standard InChI is InChI=1S/C10H8ClN3O2/c1-3-4(2)14-8-7(13-3)9(15)5(11)6(12)10(8)16/h12H2,1-2H3. The van der Waals surface area contributed by atoms with E-state index in [1.807, 2.05) is 0 Å². The molecule has 16 heavy (non-hydrogen) atoms. The maximum absolute atomic E-state index is 11.7. The first kappa shape index (κ1) is 10.8. The Balaban J connectivity index is 2.76. The largest absolute Gasteiger partial charge is 0.394 e. The molecule has 0 bridgehead atoms. The summed E-state index contributed by atoms with van der Waals surface area (Å²) in [5, 5.41) is -0.282. The summed E-state index contributed by atoms with van der Waals surface area (Å²) in [6.45, 7) is 3.41. The van der Waals surface area contributed by atoms with Crippen LogP contribution >= 0.6 is 11.6 Å². The van der Waals surface area contributed by atoms with Crippen molar-refractivity contribution in [3.63, 3.8) is 0 Å². The predicted octanol–water partition coefficient (Wildman–Crippen LogP) is 0.882. The van der Waals surface area contributed by atoms with Crippen molar-refractivity contribution in [3.8, 4) is 0 Å². The number of hydrogen-bond donors (Lipinski definition) is 1. The number of Topliss-reactive ketones (excluding diaryl/α,β-unsaturated/α-hetero) is 2. The van der Waals surface area contributed by atoms with E-state index in [0.717, 1.165) is 0 Å². The van der Waals surface area contributed by atoms with Crippen molar-refractivity contribution >= 4 is 23.2 Å². The Morgan fingerprint density at radius 3 is 1.94 bits per heavy atom. The van der Waals surface area contributed by atoms with Gasteiger partial charge in [-0.05, 0) is 13.8 Å². The average molecular weight is 238 g/mol. The molecular formula is C10H8ClN3O2. The minimum Gasteiger partial charge on any atom is -0.394 e. The second-order valence-corrected chi connectivity index (χ2v) is 3.86. The molecule has 82 valence electrons. The van der Waals surface area contributed by atoms with E-state index in [4.69, 9.17) is 17.3 Å². The summed E-state index contributed by atoms with van der Waals surface area (Å²) in [6.07, 6.45) is 0. The Bertz CT molecular complexity index is 514. The summed E-state index contributed by atoms with van der Waals surface area (Å²) in [5.41, 5.74) is 6.29. The number of rotatable bonds is 0. The lowest BCUT2D eigenvalue weighted by Crippen LogP contribution is -2.27. The van der Waals surface area contributed by atoms with Crippen LogP contribution in [0.25, 0.3) is 0 Å². The van der Waals surface area contributed by atoms with Crippen LogP contribution in [0.5, 0.6) is 0 Å². The number of aromatic nitrogens is 2. The second kappa shape index (κ2) is 3.38. The lowest BCUT2D eigenvalue weighted by atomic mass is 10.0. The van der Waals surface area contributed by atoms with Crippen molar-refractivity contribution in [2.75, 3.05) is 0 Å². The van der Waals surface area contributed by atoms with Crippen molar-refractivity contribution in [2.24, 2.45) is 5.73 Å². The molecule has 2 rings (SSSR count). The summed E-state index contributed by atoms with van der Waals surface area (Å²) in [5.74, 6) is -1.10. The van der Waals surface area contributed by atoms with E-state index >= 15 is 0 Å². The first-order chi connectivity index (χ1) is 7.43. The highest BCUT2D eigenvalue weighted by Gasteiger charge is 2.33. The van der Waals surface area contributed by atoms with Crippen LogP contribution in [-0.2, 0) is 0 Å². The summed E-state index contributed by atoms with van der Waals surface area (Å²) in [6, 6.07) is 0. The van der Waals surface area contributed by atoms with Gasteiger partial charge in [-0.25, -0.2) is 9.97 Å². The van der Waals surface area contributed by atoms with E-state index < -0.39 is 11.6 Å². The quantitative estimate of drug-likeness (QED) is 0.724. The number of aryl methyl sites for hydroxylation is 2. The van der Waals surface area contributed by atoms with E-state index in [2.05, 4.69) is 9.97 Å². The van der Waals surface area contributed by atoms with E-state index in [0.29, 0.717) is 11.4 Å². The Labute approximate surface area is 96.3 Å². The zero-order chi connectivity index (χ0) is 12.0. The molecule has 0 fully saturated rings. The molecule has 1 aliphatic rings. The predicted molar refractivity (Wildman–Crippen MR) is 57.2 cm³/mol. The molecule has 0 unspecified atom stereocenters. The maximum Gasteiger partial charge on any atom is 0.230 e. The molecule has 0 spiro atoms. The van der Waals surface area contributed by atoms with Gasteiger partial charge in [0.15, 0.2) is 0 Å². The smallest absolute Gasteiger partial charge is 0.230 e. The Kier molecular flexibility index (Phi) is 2.27. The van der Waals surface area contributed by atoms with Gasteiger partial charge in [-0.1, -0.05) is 11.6 Å². The number of carbonyl (C=O) groups excluding carboxylic acids is 2. The van der Waals surface area contributed by atoms with Crippen LogP contribution in [0.15, 0.2) is 10.7 Å². The number of hydrogen-bond acceptors (Lipinski definition) is 5. The molecule has 5 nitrogen and oxygen atoms in total. The summed E-state index contributed by atoms with van der Waals surface area (Å²) < 4.78 is 0. The van der Waals surface area contributed by atoms with Crippen LogP contribution in [0.2, 0.25) is 0 Å². The molecule has 0 atom stereocenters. The van der Waals surface area contributed by atoms with Gasteiger partial charge in [0, 0.05) is 0 Å². The third kappa shape index (κ3) is 1.32. The molecule has 2 N–H and O–H groups in total. The van der Waals surface area contributed by atoms with Gasteiger partial charge in [0.2, 0.25) is 11.6 Å². The van der Waals surface area contributed by atoms with Gasteiger partial charge in [-0.15, -0.1) is 0 Å². The first-order valence-corrected chi connectivity index (χ1v) is 4.91. The SMILES string of the molecule is Cc1nc2c(nc1C)C(=O)C(Cl)=C(N)C2=O. The second-order valence-electron chi connectivity index (χ2n) is 3.48. The number of nitrogens with zero attached hydrogens (tertiary/aromatic N) is 2. The van der Waals surface area contributed by atoms with Crippen LogP contribution in [0.1, 0.15) is 32.4 Å². The Hall–Kier alpha value is -1.75. The molecule has 1 aromatic heterocycles. The molecule has 0 aliphatic heterocycles. The molecule has 6 heteroatoms. The van der Waals surface area contributed by atoms with E-state index in [9.17, 15) is 9.59 Å². The third-order valence-corrected chi connectivity index (χ3v) is 2.79. The average Bonchev–Trinajstić information content (AvgIpc) is 2.26. The zero-order valence-corrected chi connectivity index (χ0v) is 9.42. The van der Waals surface area contributed by atoms with Crippen LogP contribution in [-0.4, -0.2) is 21.5 Å². The van der Waals surface area contributed by atoms with E-state index in [1.165, 1.54) is 0 Å². The maximum atomic E-state index is 11.7. The topological polar surface area (TPSA) is 85.9 Å². The minimum absolute atomic E-state index is 0.0185. The van der Waals surface area contributed by atoms with Gasteiger partial charge in [-0.3, -0.25) is 9.59 Å². The normalized spacial score (nSPS) is 15.4. The molecule has 1 aromatic rings. The third-order valence-electron chi connectivity index (χ3n) is 2.42. The fourth-order valence-electron chi connectivity index (χ4n) is 1.37. The molecule has 0 amide bonds. The minimum atomic E-state index is -0.552. The zero-order valence-electron chi connectivity index (χ0n) is 8.67. The molecule has 0 saturated carbocycles. The molecule has 1 aliphatic carbocycles. The van der Waals surface area contributed by atoms with E-state index in [-0.39, 0.29) is 22.1 Å². The molecule has 1 heterocycles. The number of fused-ring (bicyclic) bond motifs is 1. The van der Waals surface area contributed by atoms with E-state index in [1.54, 1.807) is 13.8 Å². The number of allylic oxidation sites excluding steroid dienone is 2. The lowest BCUT2D eigenvalue weighted by molar-refractivity contribution is 0.0971. The van der Waals surface area contributed by atoms with Gasteiger partial charge in [-0.2, -0.15) is 0 Å². The highest BCUT2D eigenvalue weighted by atomic mass is 35.5. The van der Waals surface area contributed by atoms with Crippen LogP contribution in [0.4, 0.5) is 0 Å². The van der Waals surface area contributed by atoms with Crippen molar-refractivity contribution < 1.29 is 9.59 Å². The first-order valence-electron chi connectivity index (χ1n) is 4.53.